The van der Waals surface area contributed by atoms with E-state index in [0.29, 0.717) is 11.9 Å². The van der Waals surface area contributed by atoms with Gasteiger partial charge in [-0.2, -0.15) is 4.98 Å². The summed E-state index contributed by atoms with van der Waals surface area (Å²) in [4.78, 5) is 8.09. The topological polar surface area (TPSA) is 54.2 Å². The molecule has 3 heterocycles. The minimum atomic E-state index is 0.634. The molecule has 0 spiro atoms. The number of rotatable bonds is 6. The average molecular weight is 306 g/mol. The van der Waals surface area contributed by atoms with E-state index in [1.807, 2.05) is 17.5 Å². The third kappa shape index (κ3) is 3.70. The van der Waals surface area contributed by atoms with Gasteiger partial charge in [0.2, 0.25) is 0 Å². The Morgan fingerprint density at radius 1 is 1.43 bits per heavy atom. The summed E-state index contributed by atoms with van der Waals surface area (Å²) in [5, 5.41) is 9.60. The smallest absolute Gasteiger partial charge is 0.268 e. The fourth-order valence-corrected chi connectivity index (χ4v) is 3.49. The Morgan fingerprint density at radius 2 is 2.29 bits per heavy atom. The van der Waals surface area contributed by atoms with Crippen molar-refractivity contribution in [3.63, 3.8) is 0 Å². The Morgan fingerprint density at radius 3 is 3.00 bits per heavy atom. The first-order valence-corrected chi connectivity index (χ1v) is 8.56. The number of nitrogens with zero attached hydrogens (tertiary/aromatic N) is 3. The lowest BCUT2D eigenvalue weighted by Crippen LogP contribution is -2.43. The van der Waals surface area contributed by atoms with Gasteiger partial charge in [0.15, 0.2) is 5.82 Å². The monoisotopic (exact) mass is 306 g/mol. The molecule has 0 unspecified atom stereocenters. The van der Waals surface area contributed by atoms with Crippen LogP contribution in [-0.4, -0.2) is 40.7 Å². The average Bonchev–Trinajstić information content (AvgIpc) is 3.19. The molecule has 5 nitrogen and oxygen atoms in total. The molecular formula is C15H22N4OS. The van der Waals surface area contributed by atoms with Gasteiger partial charge in [0.05, 0.1) is 11.4 Å². The molecule has 21 heavy (non-hydrogen) atoms. The number of piperidine rings is 1. The molecule has 2 aromatic heterocycles. The van der Waals surface area contributed by atoms with E-state index in [4.69, 9.17) is 4.52 Å². The van der Waals surface area contributed by atoms with E-state index in [1.54, 1.807) is 11.3 Å². The van der Waals surface area contributed by atoms with E-state index in [0.717, 1.165) is 43.3 Å². The molecule has 1 fully saturated rings. The zero-order chi connectivity index (χ0) is 14.5. The molecule has 2 aromatic rings. The van der Waals surface area contributed by atoms with Crippen molar-refractivity contribution in [1.29, 1.82) is 0 Å². The highest BCUT2D eigenvalue weighted by Crippen LogP contribution is 2.23. The molecule has 1 aliphatic rings. The fraction of sp³-hybridized carbons (Fsp3) is 0.600. The Kier molecular flexibility index (Phi) is 5.00. The molecule has 6 heteroatoms. The molecule has 0 aromatic carbocycles. The molecule has 0 radical (unpaired) electrons. The Hall–Kier alpha value is -1.24. The van der Waals surface area contributed by atoms with Crippen LogP contribution in [0, 0.1) is 0 Å². The van der Waals surface area contributed by atoms with Crippen LogP contribution in [0.4, 0.5) is 0 Å². The van der Waals surface area contributed by atoms with Crippen LogP contribution in [0.15, 0.2) is 22.0 Å². The third-order valence-corrected chi connectivity index (χ3v) is 4.74. The van der Waals surface area contributed by atoms with Gasteiger partial charge in [-0.3, -0.25) is 4.90 Å². The predicted octanol–water partition coefficient (Wildman–Crippen LogP) is 2.76. The lowest BCUT2D eigenvalue weighted by Gasteiger charge is -2.33. The largest absolute Gasteiger partial charge is 0.333 e. The molecule has 1 aliphatic heterocycles. The van der Waals surface area contributed by atoms with Crippen LogP contribution < -0.4 is 5.32 Å². The van der Waals surface area contributed by atoms with Crippen LogP contribution in [-0.2, 0) is 6.54 Å². The quantitative estimate of drug-likeness (QED) is 0.889. The number of thiophene rings is 1. The van der Waals surface area contributed by atoms with Gasteiger partial charge in [0.25, 0.3) is 5.89 Å². The lowest BCUT2D eigenvalue weighted by molar-refractivity contribution is 0.149. The molecule has 0 bridgehead atoms. The molecule has 0 aliphatic carbocycles. The van der Waals surface area contributed by atoms with Crippen LogP contribution in [0.3, 0.4) is 0 Å². The van der Waals surface area contributed by atoms with Crippen molar-refractivity contribution in [2.75, 3.05) is 19.6 Å². The number of hydrogen-bond donors (Lipinski definition) is 1. The van der Waals surface area contributed by atoms with E-state index in [-0.39, 0.29) is 0 Å². The molecule has 0 amide bonds. The van der Waals surface area contributed by atoms with E-state index in [1.165, 1.54) is 12.8 Å². The van der Waals surface area contributed by atoms with Gasteiger partial charge in [0.1, 0.15) is 0 Å². The Balaban J connectivity index is 1.67. The summed E-state index contributed by atoms with van der Waals surface area (Å²) in [6, 6.07) is 4.65. The van der Waals surface area contributed by atoms with Gasteiger partial charge in [-0.15, -0.1) is 11.3 Å². The van der Waals surface area contributed by atoms with Crippen molar-refractivity contribution in [1.82, 2.24) is 20.4 Å². The summed E-state index contributed by atoms with van der Waals surface area (Å²) < 4.78 is 5.39. The second-order valence-electron chi connectivity index (χ2n) is 5.44. The molecule has 114 valence electrons. The van der Waals surface area contributed by atoms with Gasteiger partial charge in [-0.1, -0.05) is 18.1 Å². The van der Waals surface area contributed by atoms with Gasteiger partial charge >= 0.3 is 0 Å². The second kappa shape index (κ2) is 7.15. The van der Waals surface area contributed by atoms with Crippen molar-refractivity contribution in [2.45, 2.75) is 38.8 Å². The number of nitrogens with one attached hydrogen (secondary N) is 1. The van der Waals surface area contributed by atoms with Crippen LogP contribution in [0.5, 0.6) is 0 Å². The summed E-state index contributed by atoms with van der Waals surface area (Å²) in [5.74, 6) is 1.44. The highest BCUT2D eigenvalue weighted by atomic mass is 32.1. The minimum Gasteiger partial charge on any atom is -0.333 e. The second-order valence-corrected chi connectivity index (χ2v) is 6.39. The Labute approximate surface area is 129 Å². The predicted molar refractivity (Wildman–Crippen MR) is 84.2 cm³/mol. The van der Waals surface area contributed by atoms with Gasteiger partial charge in [-0.25, -0.2) is 0 Å². The van der Waals surface area contributed by atoms with Gasteiger partial charge in [-0.05, 0) is 50.3 Å². The summed E-state index contributed by atoms with van der Waals surface area (Å²) in [7, 11) is 0. The van der Waals surface area contributed by atoms with Crippen molar-refractivity contribution >= 4 is 11.3 Å². The maximum Gasteiger partial charge on any atom is 0.268 e. The normalized spacial score (nSPS) is 16.7. The first-order valence-electron chi connectivity index (χ1n) is 7.68. The molecule has 1 N–H and O–H groups in total. The molecular weight excluding hydrogens is 284 g/mol. The Bertz CT molecular complexity index is 534. The number of hydrogen-bond acceptors (Lipinski definition) is 6. The first-order chi connectivity index (χ1) is 10.4. The van der Waals surface area contributed by atoms with Crippen molar-refractivity contribution in [2.24, 2.45) is 0 Å². The lowest BCUT2D eigenvalue weighted by atomic mass is 10.0. The van der Waals surface area contributed by atoms with Crippen molar-refractivity contribution < 1.29 is 4.52 Å². The summed E-state index contributed by atoms with van der Waals surface area (Å²) in [5.41, 5.74) is 0. The SMILES string of the molecule is CCCN(Cc1noc(-c2cccs2)n1)C1CCNCC1. The van der Waals surface area contributed by atoms with Crippen LogP contribution in [0.25, 0.3) is 10.8 Å². The summed E-state index contributed by atoms with van der Waals surface area (Å²) in [6.45, 7) is 6.32. The summed E-state index contributed by atoms with van der Waals surface area (Å²) in [6.07, 6.45) is 3.56. The third-order valence-electron chi connectivity index (χ3n) is 3.88. The van der Waals surface area contributed by atoms with Crippen molar-refractivity contribution in [3.8, 4) is 10.8 Å². The summed E-state index contributed by atoms with van der Waals surface area (Å²) >= 11 is 1.63. The van der Waals surface area contributed by atoms with Crippen LogP contribution >= 0.6 is 11.3 Å². The number of aromatic nitrogens is 2. The van der Waals surface area contributed by atoms with Gasteiger partial charge < -0.3 is 9.84 Å². The molecule has 1 saturated heterocycles. The maximum atomic E-state index is 5.39. The van der Waals surface area contributed by atoms with E-state index in [2.05, 4.69) is 27.3 Å². The van der Waals surface area contributed by atoms with Crippen LogP contribution in [0.1, 0.15) is 32.0 Å². The van der Waals surface area contributed by atoms with Crippen LogP contribution in [0.2, 0.25) is 0 Å². The zero-order valence-electron chi connectivity index (χ0n) is 12.4. The minimum absolute atomic E-state index is 0.634. The van der Waals surface area contributed by atoms with Gasteiger partial charge in [0, 0.05) is 6.04 Å². The highest BCUT2D eigenvalue weighted by molar-refractivity contribution is 7.13. The van der Waals surface area contributed by atoms with E-state index in [9.17, 15) is 0 Å². The highest BCUT2D eigenvalue weighted by Gasteiger charge is 2.22. The first kappa shape index (κ1) is 14.7. The molecule has 3 rings (SSSR count). The fourth-order valence-electron chi connectivity index (χ4n) is 2.85. The van der Waals surface area contributed by atoms with E-state index < -0.39 is 0 Å². The maximum absolute atomic E-state index is 5.39. The standard InChI is InChI=1S/C15H22N4OS/c1-2-9-19(12-5-7-16-8-6-12)11-14-17-15(20-18-14)13-4-3-10-21-13/h3-4,10,12,16H,2,5-9,11H2,1H3. The molecule has 0 saturated carbocycles. The zero-order valence-corrected chi connectivity index (χ0v) is 13.2. The molecule has 0 atom stereocenters. The van der Waals surface area contributed by atoms with E-state index >= 15 is 0 Å². The van der Waals surface area contributed by atoms with Crippen molar-refractivity contribution in [3.05, 3.63) is 23.3 Å².